The molecule has 1 aromatic carbocycles. The second kappa shape index (κ2) is 6.16. The van der Waals surface area contributed by atoms with Gasteiger partial charge in [0.15, 0.2) is 5.82 Å². The van der Waals surface area contributed by atoms with Gasteiger partial charge in [-0.25, -0.2) is 4.98 Å². The van der Waals surface area contributed by atoms with E-state index in [1.807, 2.05) is 33.4 Å². The van der Waals surface area contributed by atoms with Gasteiger partial charge in [-0.15, -0.1) is 10.2 Å². The first-order valence-electron chi connectivity index (χ1n) is 8.36. The molecule has 1 saturated heterocycles. The second-order valence-electron chi connectivity index (χ2n) is 6.42. The van der Waals surface area contributed by atoms with Crippen molar-refractivity contribution in [2.75, 3.05) is 24.5 Å². The number of hydrogen-bond donors (Lipinski definition) is 0. The first-order chi connectivity index (χ1) is 12.1. The Morgan fingerprint density at radius 1 is 1.16 bits per heavy atom. The van der Waals surface area contributed by atoms with Crippen LogP contribution < -0.4 is 4.90 Å². The molecule has 1 aliphatic heterocycles. The van der Waals surface area contributed by atoms with Gasteiger partial charge in [-0.1, -0.05) is 29.8 Å². The van der Waals surface area contributed by atoms with E-state index >= 15 is 0 Å². The fraction of sp³-hybridized carbons (Fsp3) is 0.333. The average molecular weight is 336 g/mol. The van der Waals surface area contributed by atoms with Crippen LogP contribution in [-0.4, -0.2) is 50.0 Å². The molecule has 1 fully saturated rings. The summed E-state index contributed by atoms with van der Waals surface area (Å²) < 4.78 is 1.89. The molecule has 128 valence electrons. The van der Waals surface area contributed by atoms with Gasteiger partial charge >= 0.3 is 0 Å². The quantitative estimate of drug-likeness (QED) is 0.727. The Labute approximate surface area is 145 Å². The Kier molecular flexibility index (Phi) is 3.83. The van der Waals surface area contributed by atoms with Gasteiger partial charge in [0, 0.05) is 32.0 Å². The van der Waals surface area contributed by atoms with Gasteiger partial charge in [-0.05, 0) is 19.4 Å². The van der Waals surface area contributed by atoms with Crippen molar-refractivity contribution in [2.24, 2.45) is 0 Å². The minimum atomic E-state index is 0.104. The van der Waals surface area contributed by atoms with Gasteiger partial charge in [0.2, 0.25) is 11.6 Å². The summed E-state index contributed by atoms with van der Waals surface area (Å²) in [7, 11) is 0. The molecule has 0 spiro atoms. The number of hydrogen-bond acceptors (Lipinski definition) is 5. The van der Waals surface area contributed by atoms with E-state index in [1.165, 1.54) is 5.56 Å². The molecule has 25 heavy (non-hydrogen) atoms. The Bertz CT molecular complexity index is 934. The smallest absolute Gasteiger partial charge is 0.242 e. The van der Waals surface area contributed by atoms with Gasteiger partial charge < -0.3 is 9.80 Å². The van der Waals surface area contributed by atoms with Crippen LogP contribution in [0.4, 0.5) is 5.82 Å². The van der Waals surface area contributed by atoms with Crippen molar-refractivity contribution in [3.05, 3.63) is 53.6 Å². The third-order valence-electron chi connectivity index (χ3n) is 4.55. The van der Waals surface area contributed by atoms with E-state index in [1.54, 1.807) is 6.20 Å². The number of aromatic nitrogens is 4. The Morgan fingerprint density at radius 3 is 2.84 bits per heavy atom. The average Bonchev–Trinajstić information content (AvgIpc) is 2.98. The van der Waals surface area contributed by atoms with Gasteiger partial charge in [0.05, 0.1) is 6.54 Å². The molecule has 0 aliphatic carbocycles. The minimum absolute atomic E-state index is 0.104. The van der Waals surface area contributed by atoms with Crippen molar-refractivity contribution in [1.29, 1.82) is 0 Å². The number of benzene rings is 1. The van der Waals surface area contributed by atoms with Crippen LogP contribution >= 0.6 is 0 Å². The van der Waals surface area contributed by atoms with Crippen molar-refractivity contribution >= 4 is 17.4 Å². The van der Waals surface area contributed by atoms with Crippen molar-refractivity contribution in [3.8, 4) is 0 Å². The summed E-state index contributed by atoms with van der Waals surface area (Å²) in [6, 6.07) is 8.29. The Morgan fingerprint density at radius 2 is 2.04 bits per heavy atom. The van der Waals surface area contributed by atoms with Crippen molar-refractivity contribution in [1.82, 2.24) is 24.5 Å². The molecule has 0 bridgehead atoms. The first-order valence-corrected chi connectivity index (χ1v) is 8.36. The van der Waals surface area contributed by atoms with Crippen LogP contribution in [0.25, 0.3) is 5.65 Å². The summed E-state index contributed by atoms with van der Waals surface area (Å²) in [6.07, 6.45) is 3.56. The molecule has 1 amide bonds. The fourth-order valence-corrected chi connectivity index (χ4v) is 3.24. The lowest BCUT2D eigenvalue weighted by molar-refractivity contribution is -0.131. The van der Waals surface area contributed by atoms with Crippen LogP contribution in [0.5, 0.6) is 0 Å². The van der Waals surface area contributed by atoms with E-state index < -0.39 is 0 Å². The highest BCUT2D eigenvalue weighted by Crippen LogP contribution is 2.20. The molecular formula is C18H20N6O. The Hall–Kier alpha value is -2.96. The highest BCUT2D eigenvalue weighted by molar-refractivity contribution is 5.84. The molecular weight excluding hydrogens is 316 g/mol. The van der Waals surface area contributed by atoms with Crippen LogP contribution in [0.3, 0.4) is 0 Å². The van der Waals surface area contributed by atoms with Crippen LogP contribution in [0.15, 0.2) is 36.7 Å². The monoisotopic (exact) mass is 336 g/mol. The van der Waals surface area contributed by atoms with E-state index in [0.717, 1.165) is 17.9 Å². The highest BCUT2D eigenvalue weighted by Gasteiger charge is 2.26. The van der Waals surface area contributed by atoms with E-state index in [0.29, 0.717) is 31.1 Å². The summed E-state index contributed by atoms with van der Waals surface area (Å²) in [6.45, 7) is 6.32. The highest BCUT2D eigenvalue weighted by atomic mass is 16.2. The standard InChI is InChI=1S/C18H20N6O/c1-13-4-3-5-15(10-13)11-22-8-9-23(12-16(22)25)17-18-21-20-14(2)24(18)7-6-19-17/h3-7,10H,8-9,11-12H2,1-2H3. The maximum atomic E-state index is 12.6. The van der Waals surface area contributed by atoms with Gasteiger partial charge in [0.1, 0.15) is 5.82 Å². The number of nitrogens with zero attached hydrogens (tertiary/aromatic N) is 6. The summed E-state index contributed by atoms with van der Waals surface area (Å²) >= 11 is 0. The maximum Gasteiger partial charge on any atom is 0.242 e. The minimum Gasteiger partial charge on any atom is -0.342 e. The zero-order chi connectivity index (χ0) is 17.4. The predicted octanol–water partition coefficient (Wildman–Crippen LogP) is 1.59. The number of amides is 1. The number of aryl methyl sites for hydroxylation is 2. The number of fused-ring (bicyclic) bond motifs is 1. The third kappa shape index (κ3) is 2.93. The maximum absolute atomic E-state index is 12.6. The molecule has 0 atom stereocenters. The van der Waals surface area contributed by atoms with Crippen LogP contribution in [0.1, 0.15) is 17.0 Å². The lowest BCUT2D eigenvalue weighted by atomic mass is 10.1. The van der Waals surface area contributed by atoms with Crippen LogP contribution in [0.2, 0.25) is 0 Å². The van der Waals surface area contributed by atoms with Crippen molar-refractivity contribution < 1.29 is 4.79 Å². The number of anilines is 1. The molecule has 1 aliphatic rings. The van der Waals surface area contributed by atoms with Crippen LogP contribution in [-0.2, 0) is 11.3 Å². The summed E-state index contributed by atoms with van der Waals surface area (Å²) in [5.74, 6) is 1.63. The third-order valence-corrected chi connectivity index (χ3v) is 4.55. The molecule has 0 N–H and O–H groups in total. The van der Waals surface area contributed by atoms with Crippen molar-refractivity contribution in [3.63, 3.8) is 0 Å². The molecule has 4 rings (SSSR count). The molecule has 0 saturated carbocycles. The van der Waals surface area contributed by atoms with Crippen molar-refractivity contribution in [2.45, 2.75) is 20.4 Å². The summed E-state index contributed by atoms with van der Waals surface area (Å²) in [5, 5.41) is 8.30. The molecule has 7 heteroatoms. The van der Waals surface area contributed by atoms with E-state index in [-0.39, 0.29) is 5.91 Å². The zero-order valence-electron chi connectivity index (χ0n) is 14.4. The second-order valence-corrected chi connectivity index (χ2v) is 6.42. The lowest BCUT2D eigenvalue weighted by Gasteiger charge is -2.35. The number of piperazine rings is 1. The number of rotatable bonds is 3. The van der Waals surface area contributed by atoms with Crippen LogP contribution in [0, 0.1) is 13.8 Å². The summed E-state index contributed by atoms with van der Waals surface area (Å²) in [5.41, 5.74) is 3.07. The van der Waals surface area contributed by atoms with E-state index in [9.17, 15) is 4.79 Å². The zero-order valence-corrected chi connectivity index (χ0v) is 14.4. The molecule has 3 heterocycles. The SMILES string of the molecule is Cc1cccc(CN2CCN(c3nccn4c(C)nnc34)CC2=O)c1. The molecule has 3 aromatic rings. The Balaban J connectivity index is 1.52. The first kappa shape index (κ1) is 15.6. The van der Waals surface area contributed by atoms with E-state index in [4.69, 9.17) is 0 Å². The largest absolute Gasteiger partial charge is 0.342 e. The fourth-order valence-electron chi connectivity index (χ4n) is 3.24. The normalized spacial score (nSPS) is 15.2. The topological polar surface area (TPSA) is 66.6 Å². The predicted molar refractivity (Wildman–Crippen MR) is 94.3 cm³/mol. The summed E-state index contributed by atoms with van der Waals surface area (Å²) in [4.78, 5) is 20.9. The molecule has 0 unspecified atom stereocenters. The molecule has 2 aromatic heterocycles. The molecule has 7 nitrogen and oxygen atoms in total. The molecule has 0 radical (unpaired) electrons. The van der Waals surface area contributed by atoms with E-state index in [2.05, 4.69) is 40.3 Å². The number of carbonyl (C=O) groups is 1. The number of carbonyl (C=O) groups excluding carboxylic acids is 1. The van der Waals surface area contributed by atoms with Gasteiger partial charge in [0.25, 0.3) is 0 Å². The lowest BCUT2D eigenvalue weighted by Crippen LogP contribution is -2.50. The van der Waals surface area contributed by atoms with Gasteiger partial charge in [-0.3, -0.25) is 9.20 Å². The van der Waals surface area contributed by atoms with Gasteiger partial charge in [-0.2, -0.15) is 0 Å².